The summed E-state index contributed by atoms with van der Waals surface area (Å²) in [6, 6.07) is 30.4. The Hall–Kier alpha value is -5.44. The van der Waals surface area contributed by atoms with E-state index in [1.807, 2.05) is 54.6 Å². The van der Waals surface area contributed by atoms with Gasteiger partial charge in [0.05, 0.1) is 34.3 Å². The zero-order chi connectivity index (χ0) is 29.0. The molecule has 0 spiro atoms. The van der Waals surface area contributed by atoms with Gasteiger partial charge in [0.1, 0.15) is 0 Å². The molecule has 0 saturated carbocycles. The monoisotopic (exact) mass is 556 g/mol. The zero-order valence-electron chi connectivity index (χ0n) is 22.2. The molecule has 0 unspecified atom stereocenters. The summed E-state index contributed by atoms with van der Waals surface area (Å²) < 4.78 is 0. The predicted molar refractivity (Wildman–Crippen MR) is 155 cm³/mol. The van der Waals surface area contributed by atoms with Crippen molar-refractivity contribution in [1.29, 1.82) is 0 Å². The third kappa shape index (κ3) is 3.63. The Balaban J connectivity index is 1.30. The molecule has 1 saturated heterocycles. The van der Waals surface area contributed by atoms with Gasteiger partial charge in [-0.3, -0.25) is 24.5 Å². The van der Waals surface area contributed by atoms with Crippen LogP contribution in [0.2, 0.25) is 0 Å². The molecule has 2 atom stereocenters. The van der Waals surface area contributed by atoms with E-state index in [4.69, 9.17) is 0 Å². The molecule has 9 heteroatoms. The normalized spacial score (nSPS) is 23.4. The van der Waals surface area contributed by atoms with Gasteiger partial charge in [0.2, 0.25) is 17.7 Å². The molecule has 42 heavy (non-hydrogen) atoms. The minimum atomic E-state index is -1.09. The standard InChI is InChI=1S/C33H24N4O5/c38-27(18-20-14-16-22(17-15-20)37(41)42)35-34-19-33-25-12-6-4-10-23(25)28(24-11-5-7-13-26(24)33)29-30(33)32(40)36(31(29)39)21-8-2-1-3-9-21/h1-17,19,28-30H,18H2,(H,35,38)/b34-19-/t28?,29-,30-,33?/m1/s1. The fourth-order valence-electron chi connectivity index (χ4n) is 7.05. The van der Waals surface area contributed by atoms with Crippen LogP contribution in [-0.2, 0) is 26.2 Å². The molecular weight excluding hydrogens is 532 g/mol. The second-order valence-electron chi connectivity index (χ2n) is 10.8. The molecule has 9 nitrogen and oxygen atoms in total. The number of nitro groups is 1. The van der Waals surface area contributed by atoms with Gasteiger partial charge >= 0.3 is 0 Å². The molecule has 4 aromatic carbocycles. The Bertz CT molecular complexity index is 1750. The van der Waals surface area contributed by atoms with E-state index in [9.17, 15) is 24.5 Å². The Morgan fingerprint density at radius 3 is 2.07 bits per heavy atom. The van der Waals surface area contributed by atoms with Crippen LogP contribution >= 0.6 is 0 Å². The first-order valence-corrected chi connectivity index (χ1v) is 13.6. The number of nitro benzene ring substituents is 1. The quantitative estimate of drug-likeness (QED) is 0.162. The lowest BCUT2D eigenvalue weighted by Gasteiger charge is -2.52. The molecule has 1 heterocycles. The predicted octanol–water partition coefficient (Wildman–Crippen LogP) is 4.49. The summed E-state index contributed by atoms with van der Waals surface area (Å²) in [5.74, 6) is -2.64. The van der Waals surface area contributed by atoms with E-state index in [0.29, 0.717) is 11.3 Å². The lowest BCUT2D eigenvalue weighted by atomic mass is 9.47. The molecule has 0 radical (unpaired) electrons. The molecule has 8 rings (SSSR count). The highest BCUT2D eigenvalue weighted by Gasteiger charge is 2.68. The van der Waals surface area contributed by atoms with Crippen molar-refractivity contribution in [3.8, 4) is 0 Å². The third-order valence-corrected chi connectivity index (χ3v) is 8.67. The molecule has 4 aromatic rings. The number of hydrazone groups is 1. The summed E-state index contributed by atoms with van der Waals surface area (Å²) >= 11 is 0. The minimum Gasteiger partial charge on any atom is -0.274 e. The smallest absolute Gasteiger partial charge is 0.269 e. The molecule has 0 aromatic heterocycles. The molecule has 1 N–H and O–H groups in total. The summed E-state index contributed by atoms with van der Waals surface area (Å²) in [5.41, 5.74) is 6.27. The van der Waals surface area contributed by atoms with Gasteiger partial charge in [-0.05, 0) is 39.9 Å². The Morgan fingerprint density at radius 1 is 0.857 bits per heavy atom. The first-order valence-electron chi connectivity index (χ1n) is 13.6. The lowest BCUT2D eigenvalue weighted by Crippen LogP contribution is -2.54. The summed E-state index contributed by atoms with van der Waals surface area (Å²) in [6.07, 6.45) is 1.58. The van der Waals surface area contributed by atoms with Crippen molar-refractivity contribution in [2.75, 3.05) is 4.90 Å². The fraction of sp³-hybridized carbons (Fsp3) is 0.152. The van der Waals surface area contributed by atoms with Crippen LogP contribution in [0, 0.1) is 22.0 Å². The average molecular weight is 557 g/mol. The number of carbonyl (C=O) groups excluding carboxylic acids is 3. The van der Waals surface area contributed by atoms with Gasteiger partial charge in [-0.2, -0.15) is 5.10 Å². The van der Waals surface area contributed by atoms with Gasteiger partial charge in [-0.1, -0.05) is 78.9 Å². The average Bonchev–Trinajstić information content (AvgIpc) is 3.28. The summed E-state index contributed by atoms with van der Waals surface area (Å²) in [7, 11) is 0. The van der Waals surface area contributed by atoms with Gasteiger partial charge in [0.25, 0.3) is 5.69 Å². The van der Waals surface area contributed by atoms with Crippen LogP contribution in [0.25, 0.3) is 0 Å². The largest absolute Gasteiger partial charge is 0.274 e. The second-order valence-corrected chi connectivity index (χ2v) is 10.8. The van der Waals surface area contributed by atoms with Gasteiger partial charge in [-0.15, -0.1) is 0 Å². The van der Waals surface area contributed by atoms with Crippen LogP contribution in [0.5, 0.6) is 0 Å². The molecule has 4 aliphatic rings. The second kappa shape index (κ2) is 9.59. The number of anilines is 1. The van der Waals surface area contributed by atoms with E-state index >= 15 is 0 Å². The number of benzene rings is 4. The lowest BCUT2D eigenvalue weighted by molar-refractivity contribution is -0.384. The third-order valence-electron chi connectivity index (χ3n) is 8.67. The van der Waals surface area contributed by atoms with Crippen LogP contribution < -0.4 is 10.3 Å². The van der Waals surface area contributed by atoms with Crippen molar-refractivity contribution in [1.82, 2.24) is 5.43 Å². The highest BCUT2D eigenvalue weighted by atomic mass is 16.6. The van der Waals surface area contributed by atoms with Crippen molar-refractivity contribution >= 4 is 35.3 Å². The van der Waals surface area contributed by atoms with Gasteiger partial charge in [-0.25, -0.2) is 10.3 Å². The number of carbonyl (C=O) groups is 3. The molecule has 1 aliphatic heterocycles. The molecule has 2 bridgehead atoms. The summed E-state index contributed by atoms with van der Waals surface area (Å²) in [6.45, 7) is 0. The maximum atomic E-state index is 14.3. The van der Waals surface area contributed by atoms with E-state index in [1.165, 1.54) is 29.2 Å². The van der Waals surface area contributed by atoms with E-state index in [0.717, 1.165) is 22.3 Å². The van der Waals surface area contributed by atoms with E-state index < -0.39 is 28.1 Å². The van der Waals surface area contributed by atoms with E-state index in [2.05, 4.69) is 10.5 Å². The van der Waals surface area contributed by atoms with Gasteiger partial charge < -0.3 is 0 Å². The topological polar surface area (TPSA) is 122 Å². The van der Waals surface area contributed by atoms with Crippen molar-refractivity contribution in [3.63, 3.8) is 0 Å². The number of para-hydroxylation sites is 1. The van der Waals surface area contributed by atoms with Crippen molar-refractivity contribution in [2.45, 2.75) is 17.8 Å². The van der Waals surface area contributed by atoms with Crippen LogP contribution in [-0.4, -0.2) is 28.9 Å². The van der Waals surface area contributed by atoms with Crippen molar-refractivity contribution in [2.24, 2.45) is 16.9 Å². The first kappa shape index (κ1) is 25.5. The van der Waals surface area contributed by atoms with Crippen LogP contribution in [0.1, 0.15) is 33.7 Å². The van der Waals surface area contributed by atoms with Crippen molar-refractivity contribution in [3.05, 3.63) is 141 Å². The fourth-order valence-corrected chi connectivity index (χ4v) is 7.05. The Morgan fingerprint density at radius 2 is 1.45 bits per heavy atom. The number of non-ortho nitro benzene ring substituents is 1. The maximum Gasteiger partial charge on any atom is 0.269 e. The van der Waals surface area contributed by atoms with Gasteiger partial charge in [0, 0.05) is 24.3 Å². The number of nitrogens with one attached hydrogen (secondary N) is 1. The van der Waals surface area contributed by atoms with Crippen molar-refractivity contribution < 1.29 is 19.3 Å². The number of nitrogens with zero attached hydrogens (tertiary/aromatic N) is 3. The number of imide groups is 1. The summed E-state index contributed by atoms with van der Waals surface area (Å²) in [4.78, 5) is 53.0. The number of hydrogen-bond acceptors (Lipinski definition) is 6. The number of amides is 3. The Kier molecular flexibility index (Phi) is 5.83. The number of hydrogen-bond donors (Lipinski definition) is 1. The Labute approximate surface area is 240 Å². The molecule has 206 valence electrons. The minimum absolute atomic E-state index is 0.0389. The molecular formula is C33H24N4O5. The van der Waals surface area contributed by atoms with E-state index in [1.54, 1.807) is 30.5 Å². The maximum absolute atomic E-state index is 14.3. The van der Waals surface area contributed by atoms with Gasteiger partial charge in [0.15, 0.2) is 0 Å². The van der Waals surface area contributed by atoms with Crippen LogP contribution in [0.15, 0.2) is 108 Å². The molecule has 3 amide bonds. The van der Waals surface area contributed by atoms with E-state index in [-0.39, 0.29) is 29.8 Å². The molecule has 3 aliphatic carbocycles. The van der Waals surface area contributed by atoms with Crippen LogP contribution in [0.3, 0.4) is 0 Å². The molecule has 1 fully saturated rings. The first-order chi connectivity index (χ1) is 20.4. The summed E-state index contributed by atoms with van der Waals surface area (Å²) in [5, 5.41) is 15.4. The number of rotatable bonds is 6. The zero-order valence-corrected chi connectivity index (χ0v) is 22.2. The SMILES string of the molecule is O=C(Cc1ccc([N+](=O)[O-])cc1)N/N=C\C12c3ccccc3C(c3ccccc31)[C@H]1C(=O)N(c3ccccc3)C(=O)[C@@H]12. The van der Waals surface area contributed by atoms with Crippen LogP contribution in [0.4, 0.5) is 11.4 Å². The highest BCUT2D eigenvalue weighted by Crippen LogP contribution is 2.63. The highest BCUT2D eigenvalue weighted by molar-refractivity contribution is 6.25.